The van der Waals surface area contributed by atoms with Crippen molar-refractivity contribution in [3.63, 3.8) is 0 Å². The third kappa shape index (κ3) is 2.77. The molecule has 0 radical (unpaired) electrons. The quantitative estimate of drug-likeness (QED) is 0.812. The van der Waals surface area contributed by atoms with E-state index < -0.39 is 5.95 Å². The Bertz CT molecular complexity index is 531. The fourth-order valence-electron chi connectivity index (χ4n) is 1.85. The number of rotatable bonds is 4. The summed E-state index contributed by atoms with van der Waals surface area (Å²) in [6.07, 6.45) is 0.760. The second-order valence-electron chi connectivity index (χ2n) is 4.01. The first-order valence-electron chi connectivity index (χ1n) is 5.87. The van der Waals surface area contributed by atoms with Crippen molar-refractivity contribution >= 4 is 5.82 Å². The minimum atomic E-state index is -0.521. The molecule has 3 nitrogen and oxygen atoms in total. The van der Waals surface area contributed by atoms with Gasteiger partial charge in [0.05, 0.1) is 6.04 Å². The molecule has 4 heteroatoms. The summed E-state index contributed by atoms with van der Waals surface area (Å²) in [7, 11) is 0. The molecule has 1 heterocycles. The fourth-order valence-corrected chi connectivity index (χ4v) is 1.85. The molecule has 2 N–H and O–H groups in total. The molecule has 2 rings (SSSR count). The van der Waals surface area contributed by atoms with Gasteiger partial charge in [-0.3, -0.25) is 0 Å². The van der Waals surface area contributed by atoms with Gasteiger partial charge in [-0.1, -0.05) is 31.2 Å². The summed E-state index contributed by atoms with van der Waals surface area (Å²) in [5.74, 6) is 0.172. The van der Waals surface area contributed by atoms with E-state index in [4.69, 9.17) is 0 Å². The molecule has 18 heavy (non-hydrogen) atoms. The van der Waals surface area contributed by atoms with Gasteiger partial charge in [0.15, 0.2) is 0 Å². The maximum atomic E-state index is 13.0. The second-order valence-corrected chi connectivity index (χ2v) is 4.01. The van der Waals surface area contributed by atoms with Crippen LogP contribution in [0.15, 0.2) is 42.5 Å². The van der Waals surface area contributed by atoms with Gasteiger partial charge in [-0.05, 0) is 24.6 Å². The first kappa shape index (κ1) is 12.4. The molecule has 1 unspecified atom stereocenters. The fraction of sp³-hybridized carbons (Fsp3) is 0.214. The molecule has 0 aliphatic rings. The van der Waals surface area contributed by atoms with E-state index in [9.17, 15) is 9.50 Å². The lowest BCUT2D eigenvalue weighted by Gasteiger charge is -2.19. The molecule has 0 saturated heterocycles. The summed E-state index contributed by atoms with van der Waals surface area (Å²) in [4.78, 5) is 3.76. The minimum absolute atomic E-state index is 0.0968. The summed E-state index contributed by atoms with van der Waals surface area (Å²) in [6, 6.07) is 11.6. The van der Waals surface area contributed by atoms with Crippen molar-refractivity contribution in [3.05, 3.63) is 54.0 Å². The lowest BCUT2D eigenvalue weighted by atomic mass is 10.0. The van der Waals surface area contributed by atoms with E-state index in [2.05, 4.69) is 10.3 Å². The van der Waals surface area contributed by atoms with Gasteiger partial charge in [0.1, 0.15) is 11.6 Å². The van der Waals surface area contributed by atoms with Crippen molar-refractivity contribution in [1.29, 1.82) is 0 Å². The average molecular weight is 246 g/mol. The minimum Gasteiger partial charge on any atom is -0.508 e. The van der Waals surface area contributed by atoms with Crippen molar-refractivity contribution in [3.8, 4) is 5.75 Å². The van der Waals surface area contributed by atoms with Crippen LogP contribution in [0, 0.1) is 5.95 Å². The number of hydrogen-bond donors (Lipinski definition) is 2. The summed E-state index contributed by atoms with van der Waals surface area (Å²) >= 11 is 0. The van der Waals surface area contributed by atoms with Gasteiger partial charge in [-0.25, -0.2) is 4.98 Å². The Morgan fingerprint density at radius 1 is 1.22 bits per heavy atom. The van der Waals surface area contributed by atoms with E-state index in [0.29, 0.717) is 5.82 Å². The number of anilines is 1. The Morgan fingerprint density at radius 2 is 2.00 bits per heavy atom. The van der Waals surface area contributed by atoms with E-state index in [-0.39, 0.29) is 11.8 Å². The van der Waals surface area contributed by atoms with Crippen LogP contribution in [-0.4, -0.2) is 10.1 Å². The van der Waals surface area contributed by atoms with Crippen molar-refractivity contribution in [2.75, 3.05) is 5.32 Å². The predicted molar refractivity (Wildman–Crippen MR) is 69.0 cm³/mol. The maximum absolute atomic E-state index is 13.0. The lowest BCUT2D eigenvalue weighted by molar-refractivity contribution is 0.462. The number of phenolic OH excluding ortho intramolecular Hbond substituents is 1. The number of aromatic nitrogens is 1. The van der Waals surface area contributed by atoms with Crippen molar-refractivity contribution in [2.24, 2.45) is 0 Å². The monoisotopic (exact) mass is 246 g/mol. The highest BCUT2D eigenvalue weighted by molar-refractivity contribution is 5.42. The number of nitrogens with zero attached hydrogens (tertiary/aromatic N) is 1. The Labute approximate surface area is 105 Å². The summed E-state index contributed by atoms with van der Waals surface area (Å²) in [5.41, 5.74) is 0.783. The Balaban J connectivity index is 2.23. The first-order valence-corrected chi connectivity index (χ1v) is 5.87. The van der Waals surface area contributed by atoms with E-state index in [1.807, 2.05) is 19.1 Å². The molecule has 2 aromatic rings. The van der Waals surface area contributed by atoms with Crippen LogP contribution in [-0.2, 0) is 0 Å². The molecule has 94 valence electrons. The van der Waals surface area contributed by atoms with Gasteiger partial charge in [-0.15, -0.1) is 0 Å². The zero-order valence-corrected chi connectivity index (χ0v) is 10.1. The molecule has 0 bridgehead atoms. The SMILES string of the molecule is CCC(Nc1cccc(F)n1)c1ccccc1O. The highest BCUT2D eigenvalue weighted by atomic mass is 19.1. The van der Waals surface area contributed by atoms with E-state index in [1.165, 1.54) is 6.07 Å². The molecule has 0 saturated carbocycles. The zero-order chi connectivity index (χ0) is 13.0. The number of nitrogens with one attached hydrogen (secondary N) is 1. The van der Waals surface area contributed by atoms with Crippen molar-refractivity contribution in [2.45, 2.75) is 19.4 Å². The number of phenols is 1. The van der Waals surface area contributed by atoms with Crippen LogP contribution in [0.1, 0.15) is 24.9 Å². The van der Waals surface area contributed by atoms with Crippen LogP contribution in [0.5, 0.6) is 5.75 Å². The number of pyridine rings is 1. The summed E-state index contributed by atoms with van der Waals surface area (Å²) < 4.78 is 13.0. The van der Waals surface area contributed by atoms with Gasteiger partial charge >= 0.3 is 0 Å². The van der Waals surface area contributed by atoms with Crippen LogP contribution in [0.4, 0.5) is 10.2 Å². The highest BCUT2D eigenvalue weighted by Crippen LogP contribution is 2.28. The molecule has 0 aliphatic carbocycles. The molecule has 0 aliphatic heterocycles. The van der Waals surface area contributed by atoms with Crippen LogP contribution < -0.4 is 5.32 Å². The first-order chi connectivity index (χ1) is 8.70. The number of hydrogen-bond acceptors (Lipinski definition) is 3. The van der Waals surface area contributed by atoms with Crippen molar-refractivity contribution in [1.82, 2.24) is 4.98 Å². The van der Waals surface area contributed by atoms with E-state index >= 15 is 0 Å². The van der Waals surface area contributed by atoms with Gasteiger partial charge in [0.2, 0.25) is 5.95 Å². The Morgan fingerprint density at radius 3 is 2.67 bits per heavy atom. The Kier molecular flexibility index (Phi) is 3.77. The smallest absolute Gasteiger partial charge is 0.214 e. The molecule has 1 aromatic carbocycles. The molecule has 1 atom stereocenters. The molecule has 1 aromatic heterocycles. The van der Waals surface area contributed by atoms with Gasteiger partial charge < -0.3 is 10.4 Å². The van der Waals surface area contributed by atoms with Gasteiger partial charge in [0.25, 0.3) is 0 Å². The van der Waals surface area contributed by atoms with Gasteiger partial charge in [-0.2, -0.15) is 4.39 Å². The van der Waals surface area contributed by atoms with Crippen LogP contribution in [0.3, 0.4) is 0 Å². The number of para-hydroxylation sites is 1. The van der Waals surface area contributed by atoms with Crippen LogP contribution >= 0.6 is 0 Å². The van der Waals surface area contributed by atoms with E-state index in [0.717, 1.165) is 12.0 Å². The molecule has 0 fully saturated rings. The van der Waals surface area contributed by atoms with Crippen LogP contribution in [0.2, 0.25) is 0 Å². The number of aromatic hydroxyl groups is 1. The molecule has 0 spiro atoms. The normalized spacial score (nSPS) is 12.1. The summed E-state index contributed by atoms with van der Waals surface area (Å²) in [6.45, 7) is 1.99. The highest BCUT2D eigenvalue weighted by Gasteiger charge is 2.13. The largest absolute Gasteiger partial charge is 0.508 e. The molecule has 0 amide bonds. The number of halogens is 1. The lowest BCUT2D eigenvalue weighted by Crippen LogP contribution is -2.11. The Hall–Kier alpha value is -2.10. The summed E-state index contributed by atoms with van der Waals surface area (Å²) in [5, 5.41) is 12.9. The predicted octanol–water partition coefficient (Wildman–Crippen LogP) is 3.49. The molecular weight excluding hydrogens is 231 g/mol. The topological polar surface area (TPSA) is 45.2 Å². The van der Waals surface area contributed by atoms with Crippen LogP contribution in [0.25, 0.3) is 0 Å². The number of benzene rings is 1. The average Bonchev–Trinajstić information content (AvgIpc) is 2.37. The maximum Gasteiger partial charge on any atom is 0.214 e. The van der Waals surface area contributed by atoms with Crippen molar-refractivity contribution < 1.29 is 9.50 Å². The van der Waals surface area contributed by atoms with E-state index in [1.54, 1.807) is 24.3 Å². The molecular formula is C14H15FN2O. The third-order valence-electron chi connectivity index (χ3n) is 2.76. The van der Waals surface area contributed by atoms with Gasteiger partial charge in [0, 0.05) is 5.56 Å². The third-order valence-corrected chi connectivity index (χ3v) is 2.76. The standard InChI is InChI=1S/C14H15FN2O/c1-2-11(10-6-3-4-7-12(10)18)16-14-9-5-8-13(15)17-14/h3-9,11,18H,2H2,1H3,(H,16,17). The second kappa shape index (κ2) is 5.49. The zero-order valence-electron chi connectivity index (χ0n) is 10.1.